The van der Waals surface area contributed by atoms with Crippen LogP contribution in [0, 0.1) is 12.8 Å². The van der Waals surface area contributed by atoms with Gasteiger partial charge in [0.25, 0.3) is 0 Å². The van der Waals surface area contributed by atoms with Gasteiger partial charge < -0.3 is 10.2 Å². The lowest BCUT2D eigenvalue weighted by Crippen LogP contribution is -2.29. The minimum absolute atomic E-state index is 0.275. The van der Waals surface area contributed by atoms with Gasteiger partial charge >= 0.3 is 6.18 Å². The van der Waals surface area contributed by atoms with Crippen LogP contribution in [-0.2, 0) is 6.18 Å². The summed E-state index contributed by atoms with van der Waals surface area (Å²) in [7, 11) is 0. The summed E-state index contributed by atoms with van der Waals surface area (Å²) in [5, 5.41) is 3.29. The first-order valence-corrected chi connectivity index (χ1v) is 6.51. The van der Waals surface area contributed by atoms with E-state index in [1.165, 1.54) is 13.0 Å². The average molecular weight is 272 g/mol. The van der Waals surface area contributed by atoms with Crippen molar-refractivity contribution >= 4 is 5.69 Å². The summed E-state index contributed by atoms with van der Waals surface area (Å²) in [5.74, 6) is 0.429. The van der Waals surface area contributed by atoms with Gasteiger partial charge in [0.05, 0.1) is 5.56 Å². The molecule has 1 aromatic carbocycles. The highest BCUT2D eigenvalue weighted by Gasteiger charge is 2.33. The normalized spacial score (nSPS) is 21.3. The van der Waals surface area contributed by atoms with Gasteiger partial charge in [0.2, 0.25) is 0 Å². The van der Waals surface area contributed by atoms with Gasteiger partial charge in [0.15, 0.2) is 0 Å². The molecule has 0 aromatic heterocycles. The third kappa shape index (κ3) is 3.41. The molecule has 1 N–H and O–H groups in total. The van der Waals surface area contributed by atoms with Crippen LogP contribution in [0.25, 0.3) is 0 Å². The molecular formula is C14H19F3N2. The third-order valence-corrected chi connectivity index (χ3v) is 3.48. The van der Waals surface area contributed by atoms with E-state index in [0.29, 0.717) is 11.6 Å². The quantitative estimate of drug-likeness (QED) is 0.845. The molecule has 0 aliphatic carbocycles. The van der Waals surface area contributed by atoms with Gasteiger partial charge in [0.1, 0.15) is 0 Å². The maximum atomic E-state index is 12.9. The van der Waals surface area contributed by atoms with Gasteiger partial charge in [0, 0.05) is 25.3 Å². The van der Waals surface area contributed by atoms with Crippen molar-refractivity contribution in [1.82, 2.24) is 5.32 Å². The molecule has 1 aliphatic heterocycles. The number of nitrogens with one attached hydrogen (secondary N) is 1. The second kappa shape index (κ2) is 5.41. The van der Waals surface area contributed by atoms with Crippen LogP contribution in [-0.4, -0.2) is 26.2 Å². The summed E-state index contributed by atoms with van der Waals surface area (Å²) in [6.07, 6.45) is -4.28. The summed E-state index contributed by atoms with van der Waals surface area (Å²) in [5.41, 5.74) is 0.403. The van der Waals surface area contributed by atoms with Crippen molar-refractivity contribution in [3.05, 3.63) is 29.3 Å². The Labute approximate surface area is 111 Å². The zero-order valence-electron chi connectivity index (χ0n) is 11.2. The monoisotopic (exact) mass is 272 g/mol. The van der Waals surface area contributed by atoms with Crippen LogP contribution in [0.3, 0.4) is 0 Å². The van der Waals surface area contributed by atoms with E-state index in [4.69, 9.17) is 0 Å². The molecule has 1 aliphatic rings. The minimum atomic E-state index is -4.28. The van der Waals surface area contributed by atoms with E-state index in [9.17, 15) is 13.2 Å². The zero-order chi connectivity index (χ0) is 14.0. The summed E-state index contributed by atoms with van der Waals surface area (Å²) in [6.45, 7) is 6.84. The first-order valence-electron chi connectivity index (χ1n) is 6.51. The zero-order valence-corrected chi connectivity index (χ0v) is 11.2. The molecule has 0 saturated carbocycles. The van der Waals surface area contributed by atoms with E-state index in [1.807, 2.05) is 4.90 Å². The third-order valence-electron chi connectivity index (χ3n) is 3.48. The lowest BCUT2D eigenvalue weighted by Gasteiger charge is -2.25. The van der Waals surface area contributed by atoms with E-state index in [0.717, 1.165) is 26.2 Å². The van der Waals surface area contributed by atoms with Gasteiger partial charge in [-0.3, -0.25) is 0 Å². The Bertz CT molecular complexity index is 443. The van der Waals surface area contributed by atoms with Gasteiger partial charge in [-0.25, -0.2) is 0 Å². The Morgan fingerprint density at radius 1 is 1.32 bits per heavy atom. The number of anilines is 1. The molecular weight excluding hydrogens is 253 g/mol. The predicted molar refractivity (Wildman–Crippen MR) is 70.4 cm³/mol. The molecule has 0 spiro atoms. The Kier molecular flexibility index (Phi) is 4.04. The van der Waals surface area contributed by atoms with Crippen molar-refractivity contribution in [2.24, 2.45) is 5.92 Å². The van der Waals surface area contributed by atoms with Gasteiger partial charge in [-0.05, 0) is 37.1 Å². The first-order chi connectivity index (χ1) is 8.88. The minimum Gasteiger partial charge on any atom is -0.370 e. The van der Waals surface area contributed by atoms with Crippen molar-refractivity contribution in [3.8, 4) is 0 Å². The smallest absolute Gasteiger partial charge is 0.370 e. The number of hydrogen-bond donors (Lipinski definition) is 1. The molecule has 19 heavy (non-hydrogen) atoms. The van der Waals surface area contributed by atoms with E-state index in [-0.39, 0.29) is 5.56 Å². The Morgan fingerprint density at radius 2 is 2.05 bits per heavy atom. The predicted octanol–water partition coefficient (Wildman–Crippen LogP) is 3.06. The molecule has 1 saturated heterocycles. The number of nitrogens with zero attached hydrogens (tertiary/aromatic N) is 1. The molecule has 5 heteroatoms. The molecule has 2 nitrogen and oxygen atoms in total. The van der Waals surface area contributed by atoms with Crippen LogP contribution in [0.4, 0.5) is 18.9 Å². The Hall–Kier alpha value is -1.23. The van der Waals surface area contributed by atoms with Crippen molar-refractivity contribution < 1.29 is 13.2 Å². The highest BCUT2D eigenvalue weighted by Crippen LogP contribution is 2.34. The average Bonchev–Trinajstić information content (AvgIpc) is 2.53. The van der Waals surface area contributed by atoms with Gasteiger partial charge in [-0.1, -0.05) is 13.0 Å². The number of hydrogen-bond acceptors (Lipinski definition) is 2. The number of aryl methyl sites for hydroxylation is 1. The van der Waals surface area contributed by atoms with Crippen LogP contribution in [0.15, 0.2) is 18.2 Å². The molecule has 2 rings (SSSR count). The largest absolute Gasteiger partial charge is 0.416 e. The van der Waals surface area contributed by atoms with E-state index >= 15 is 0 Å². The summed E-state index contributed by atoms with van der Waals surface area (Å²) < 4.78 is 38.8. The van der Waals surface area contributed by atoms with E-state index in [2.05, 4.69) is 12.2 Å². The highest BCUT2D eigenvalue weighted by molar-refractivity contribution is 5.52. The molecule has 0 amide bonds. The molecule has 1 heterocycles. The topological polar surface area (TPSA) is 15.3 Å². The molecule has 1 unspecified atom stereocenters. The Balaban J connectivity index is 2.29. The fraction of sp³-hybridized carbons (Fsp3) is 0.571. The van der Waals surface area contributed by atoms with E-state index in [1.54, 1.807) is 12.1 Å². The molecule has 0 radical (unpaired) electrons. The highest BCUT2D eigenvalue weighted by atomic mass is 19.4. The number of rotatable bonds is 1. The van der Waals surface area contributed by atoms with Crippen molar-refractivity contribution in [3.63, 3.8) is 0 Å². The number of alkyl halides is 3. The molecule has 1 atom stereocenters. The fourth-order valence-corrected chi connectivity index (χ4v) is 2.44. The fourth-order valence-electron chi connectivity index (χ4n) is 2.44. The SMILES string of the molecule is Cc1ccc(N2CCNCC(C)C2)cc1C(F)(F)F. The first kappa shape index (κ1) is 14.2. The summed E-state index contributed by atoms with van der Waals surface area (Å²) >= 11 is 0. The van der Waals surface area contributed by atoms with Crippen molar-refractivity contribution in [2.75, 3.05) is 31.1 Å². The summed E-state index contributed by atoms with van der Waals surface area (Å²) in [4.78, 5) is 2.03. The molecule has 0 bridgehead atoms. The van der Waals surface area contributed by atoms with Gasteiger partial charge in [-0.2, -0.15) is 13.2 Å². The maximum Gasteiger partial charge on any atom is 0.416 e. The van der Waals surface area contributed by atoms with Gasteiger partial charge in [-0.15, -0.1) is 0 Å². The molecule has 106 valence electrons. The van der Waals surface area contributed by atoms with Crippen LogP contribution in [0.2, 0.25) is 0 Å². The summed E-state index contributed by atoms with van der Waals surface area (Å²) in [6, 6.07) is 4.61. The second-order valence-electron chi connectivity index (χ2n) is 5.25. The lowest BCUT2D eigenvalue weighted by molar-refractivity contribution is -0.138. The maximum absolute atomic E-state index is 12.9. The number of halogens is 3. The molecule has 1 aromatic rings. The van der Waals surface area contributed by atoms with Crippen LogP contribution < -0.4 is 10.2 Å². The number of benzene rings is 1. The second-order valence-corrected chi connectivity index (χ2v) is 5.25. The lowest BCUT2D eigenvalue weighted by atomic mass is 10.1. The van der Waals surface area contributed by atoms with Crippen LogP contribution in [0.5, 0.6) is 0 Å². The van der Waals surface area contributed by atoms with Crippen molar-refractivity contribution in [2.45, 2.75) is 20.0 Å². The Morgan fingerprint density at radius 3 is 2.74 bits per heavy atom. The van der Waals surface area contributed by atoms with Crippen LogP contribution in [0.1, 0.15) is 18.1 Å². The van der Waals surface area contributed by atoms with Crippen molar-refractivity contribution in [1.29, 1.82) is 0 Å². The van der Waals surface area contributed by atoms with E-state index < -0.39 is 11.7 Å². The molecule has 1 fully saturated rings. The van der Waals surface area contributed by atoms with Crippen LogP contribution >= 0.6 is 0 Å². The standard InChI is InChI=1S/C14H19F3N2/c1-10-8-18-5-6-19(9-10)12-4-3-11(2)13(7-12)14(15,16)17/h3-4,7,10,18H,5-6,8-9H2,1-2H3.